The van der Waals surface area contributed by atoms with E-state index < -0.39 is 4.92 Å². The maximum atomic E-state index is 10.6. The molecule has 8 nitrogen and oxygen atoms in total. The zero-order valence-electron chi connectivity index (χ0n) is 12.1. The van der Waals surface area contributed by atoms with E-state index in [9.17, 15) is 10.1 Å². The fourth-order valence-electron chi connectivity index (χ4n) is 1.91. The molecule has 1 aromatic heterocycles. The van der Waals surface area contributed by atoms with Crippen molar-refractivity contribution >= 4 is 17.4 Å². The van der Waals surface area contributed by atoms with Crippen molar-refractivity contribution in [1.82, 2.24) is 10.2 Å². The lowest BCUT2D eigenvalue weighted by Gasteiger charge is -2.01. The summed E-state index contributed by atoms with van der Waals surface area (Å²) in [5, 5.41) is 21.4. The van der Waals surface area contributed by atoms with E-state index in [1.807, 2.05) is 12.1 Å². The number of nitro benzene ring substituents is 1. The van der Waals surface area contributed by atoms with Gasteiger partial charge in [-0.25, -0.2) is 0 Å². The van der Waals surface area contributed by atoms with Crippen LogP contribution in [0, 0.1) is 10.1 Å². The summed E-state index contributed by atoms with van der Waals surface area (Å²) in [5.41, 5.74) is 1.38. The van der Waals surface area contributed by atoms with Gasteiger partial charge in [0.1, 0.15) is 5.75 Å². The van der Waals surface area contributed by atoms with Gasteiger partial charge in [0.2, 0.25) is 5.89 Å². The van der Waals surface area contributed by atoms with E-state index in [0.29, 0.717) is 11.6 Å². The Bertz CT molecular complexity index is 812. The van der Waals surface area contributed by atoms with Crippen LogP contribution < -0.4 is 10.1 Å². The highest BCUT2D eigenvalue weighted by molar-refractivity contribution is 5.58. The van der Waals surface area contributed by atoms with Crippen LogP contribution in [0.2, 0.25) is 0 Å². The molecule has 0 saturated carbocycles. The molecule has 0 spiro atoms. The van der Waals surface area contributed by atoms with Gasteiger partial charge in [-0.05, 0) is 36.4 Å². The van der Waals surface area contributed by atoms with E-state index in [-0.39, 0.29) is 11.7 Å². The third-order valence-electron chi connectivity index (χ3n) is 3.09. The Labute approximate surface area is 130 Å². The third-order valence-corrected chi connectivity index (χ3v) is 3.09. The van der Waals surface area contributed by atoms with Gasteiger partial charge in [0.15, 0.2) is 0 Å². The minimum absolute atomic E-state index is 0.0139. The lowest BCUT2D eigenvalue weighted by molar-refractivity contribution is -0.384. The number of ether oxygens (including phenoxy) is 1. The van der Waals surface area contributed by atoms with Gasteiger partial charge < -0.3 is 14.5 Å². The van der Waals surface area contributed by atoms with E-state index in [1.165, 1.54) is 12.1 Å². The van der Waals surface area contributed by atoms with Crippen LogP contribution in [0.15, 0.2) is 52.9 Å². The number of methoxy groups -OCH3 is 1. The van der Waals surface area contributed by atoms with Crippen molar-refractivity contribution < 1.29 is 14.1 Å². The molecule has 0 saturated heterocycles. The van der Waals surface area contributed by atoms with E-state index in [0.717, 1.165) is 11.3 Å². The number of hydrogen-bond donors (Lipinski definition) is 1. The van der Waals surface area contributed by atoms with Crippen LogP contribution in [-0.4, -0.2) is 22.2 Å². The molecular formula is C15H12N4O4. The molecule has 0 aliphatic carbocycles. The van der Waals surface area contributed by atoms with Crippen molar-refractivity contribution in [2.45, 2.75) is 0 Å². The topological polar surface area (TPSA) is 103 Å². The maximum Gasteiger partial charge on any atom is 0.320 e. The van der Waals surface area contributed by atoms with Crippen LogP contribution in [0.25, 0.3) is 11.5 Å². The predicted molar refractivity (Wildman–Crippen MR) is 82.7 cm³/mol. The Morgan fingerprint density at radius 1 is 1.09 bits per heavy atom. The summed E-state index contributed by atoms with van der Waals surface area (Å²) < 4.78 is 10.6. The van der Waals surface area contributed by atoms with E-state index >= 15 is 0 Å². The quantitative estimate of drug-likeness (QED) is 0.568. The van der Waals surface area contributed by atoms with E-state index in [2.05, 4.69) is 15.5 Å². The van der Waals surface area contributed by atoms with Crippen molar-refractivity contribution in [2.75, 3.05) is 12.4 Å². The number of anilines is 2. The molecule has 3 aromatic rings. The number of nitro groups is 1. The molecule has 1 N–H and O–H groups in total. The molecular weight excluding hydrogens is 300 g/mol. The van der Waals surface area contributed by atoms with Gasteiger partial charge in [-0.1, -0.05) is 5.10 Å². The van der Waals surface area contributed by atoms with E-state index in [4.69, 9.17) is 9.15 Å². The summed E-state index contributed by atoms with van der Waals surface area (Å²) >= 11 is 0. The zero-order chi connectivity index (χ0) is 16.2. The molecule has 0 atom stereocenters. The molecule has 0 bridgehead atoms. The maximum absolute atomic E-state index is 10.6. The Hall–Kier alpha value is -3.42. The van der Waals surface area contributed by atoms with Crippen molar-refractivity contribution in [2.24, 2.45) is 0 Å². The van der Waals surface area contributed by atoms with Crippen molar-refractivity contribution in [3.05, 3.63) is 58.6 Å². The van der Waals surface area contributed by atoms with Crippen LogP contribution >= 0.6 is 0 Å². The van der Waals surface area contributed by atoms with Crippen molar-refractivity contribution in [3.63, 3.8) is 0 Å². The van der Waals surface area contributed by atoms with Gasteiger partial charge in [-0.2, -0.15) is 0 Å². The first-order valence-corrected chi connectivity index (χ1v) is 6.65. The first kappa shape index (κ1) is 14.5. The Balaban J connectivity index is 1.74. The molecule has 116 valence electrons. The first-order valence-electron chi connectivity index (χ1n) is 6.65. The molecule has 3 rings (SSSR count). The third kappa shape index (κ3) is 3.26. The molecule has 0 radical (unpaired) electrons. The minimum atomic E-state index is -0.460. The first-order chi connectivity index (χ1) is 11.2. The van der Waals surface area contributed by atoms with Crippen LogP contribution in [0.4, 0.5) is 17.4 Å². The Kier molecular flexibility index (Phi) is 3.88. The predicted octanol–water partition coefficient (Wildman–Crippen LogP) is 3.40. The molecule has 0 unspecified atom stereocenters. The van der Waals surface area contributed by atoms with Gasteiger partial charge in [0.05, 0.1) is 12.0 Å². The van der Waals surface area contributed by atoms with Crippen LogP contribution in [0.3, 0.4) is 0 Å². The lowest BCUT2D eigenvalue weighted by atomic mass is 10.2. The van der Waals surface area contributed by atoms with Crippen molar-refractivity contribution in [1.29, 1.82) is 0 Å². The average Bonchev–Trinajstić information content (AvgIpc) is 3.04. The van der Waals surface area contributed by atoms with Gasteiger partial charge in [0, 0.05) is 23.4 Å². The smallest absolute Gasteiger partial charge is 0.320 e. The largest absolute Gasteiger partial charge is 0.497 e. The summed E-state index contributed by atoms with van der Waals surface area (Å²) in [6.07, 6.45) is 0. The molecule has 8 heteroatoms. The molecule has 0 aliphatic heterocycles. The standard InChI is InChI=1S/C15H12N4O4/c1-22-13-8-2-10(3-9-13)14-17-18-15(23-14)16-11-4-6-12(7-5-11)19(20)21/h2-9H,1H3,(H,16,18). The monoisotopic (exact) mass is 312 g/mol. The van der Waals surface area contributed by atoms with Crippen LogP contribution in [0.5, 0.6) is 5.75 Å². The number of rotatable bonds is 5. The number of aromatic nitrogens is 2. The second-order valence-corrected chi connectivity index (χ2v) is 4.57. The SMILES string of the molecule is COc1ccc(-c2nnc(Nc3ccc([N+](=O)[O-])cc3)o2)cc1. The lowest BCUT2D eigenvalue weighted by Crippen LogP contribution is -1.91. The van der Waals surface area contributed by atoms with Gasteiger partial charge in [-0.3, -0.25) is 10.1 Å². The summed E-state index contributed by atoms with van der Waals surface area (Å²) in [6.45, 7) is 0. The second-order valence-electron chi connectivity index (χ2n) is 4.57. The molecule has 1 heterocycles. The Morgan fingerprint density at radius 2 is 1.78 bits per heavy atom. The summed E-state index contributed by atoms with van der Waals surface area (Å²) in [5.74, 6) is 1.09. The van der Waals surface area contributed by atoms with Crippen molar-refractivity contribution in [3.8, 4) is 17.2 Å². The molecule has 2 aromatic carbocycles. The van der Waals surface area contributed by atoms with Gasteiger partial charge >= 0.3 is 6.01 Å². The van der Waals surface area contributed by atoms with Gasteiger partial charge in [-0.15, -0.1) is 5.10 Å². The number of nitrogens with zero attached hydrogens (tertiary/aromatic N) is 3. The number of benzene rings is 2. The zero-order valence-corrected chi connectivity index (χ0v) is 12.1. The van der Waals surface area contributed by atoms with Crippen LogP contribution in [-0.2, 0) is 0 Å². The van der Waals surface area contributed by atoms with Crippen LogP contribution in [0.1, 0.15) is 0 Å². The molecule has 0 fully saturated rings. The highest BCUT2D eigenvalue weighted by Crippen LogP contribution is 2.24. The average molecular weight is 312 g/mol. The fraction of sp³-hybridized carbons (Fsp3) is 0.0667. The van der Waals surface area contributed by atoms with E-state index in [1.54, 1.807) is 31.4 Å². The number of non-ortho nitro benzene ring substituents is 1. The summed E-state index contributed by atoms with van der Waals surface area (Å²) in [6, 6.07) is 13.3. The second kappa shape index (κ2) is 6.14. The number of hydrogen-bond acceptors (Lipinski definition) is 7. The summed E-state index contributed by atoms with van der Waals surface area (Å²) in [7, 11) is 1.59. The summed E-state index contributed by atoms with van der Waals surface area (Å²) in [4.78, 5) is 10.2. The Morgan fingerprint density at radius 3 is 2.39 bits per heavy atom. The minimum Gasteiger partial charge on any atom is -0.497 e. The fourth-order valence-corrected chi connectivity index (χ4v) is 1.91. The normalized spacial score (nSPS) is 10.3. The molecule has 0 amide bonds. The van der Waals surface area contributed by atoms with Gasteiger partial charge in [0.25, 0.3) is 5.69 Å². The number of nitrogens with one attached hydrogen (secondary N) is 1. The highest BCUT2D eigenvalue weighted by atomic mass is 16.6. The molecule has 0 aliphatic rings. The molecule has 23 heavy (non-hydrogen) atoms. The highest BCUT2D eigenvalue weighted by Gasteiger charge is 2.10.